The third kappa shape index (κ3) is 4.68. The van der Waals surface area contributed by atoms with Gasteiger partial charge in [0.25, 0.3) is 5.91 Å². The molecule has 3 aromatic rings. The number of halogens is 3. The minimum Gasteiger partial charge on any atom is -0.367 e. The Morgan fingerprint density at radius 2 is 1.93 bits per heavy atom. The van der Waals surface area contributed by atoms with E-state index in [1.54, 1.807) is 6.33 Å². The summed E-state index contributed by atoms with van der Waals surface area (Å²) in [5.41, 5.74) is 1.31. The van der Waals surface area contributed by atoms with E-state index in [1.807, 2.05) is 12.3 Å². The fourth-order valence-electron chi connectivity index (χ4n) is 3.86. The maximum absolute atomic E-state index is 13.3. The number of aromatic nitrogens is 3. The number of fused-ring (bicyclic) bond motifs is 1. The number of aryl methyl sites for hydroxylation is 1. The third-order valence-corrected chi connectivity index (χ3v) is 5.77. The summed E-state index contributed by atoms with van der Waals surface area (Å²) in [4.78, 5) is 21.2. The smallest absolute Gasteiger partial charge is 0.251 e. The summed E-state index contributed by atoms with van der Waals surface area (Å²) in [6.07, 6.45) is 7.20. The highest BCUT2D eigenvalue weighted by Gasteiger charge is 2.24. The van der Waals surface area contributed by atoms with Crippen molar-refractivity contribution in [3.05, 3.63) is 53.2 Å². The summed E-state index contributed by atoms with van der Waals surface area (Å²) < 4.78 is 15.4. The Balaban J connectivity index is 0.00000256. The fourth-order valence-corrected chi connectivity index (χ4v) is 4.04. The molecule has 0 atom stereocenters. The molecule has 1 saturated carbocycles. The second kappa shape index (κ2) is 9.62. The van der Waals surface area contributed by atoms with E-state index in [0.717, 1.165) is 49.1 Å². The van der Waals surface area contributed by atoms with Crippen molar-refractivity contribution in [1.82, 2.24) is 19.9 Å². The van der Waals surface area contributed by atoms with Crippen LogP contribution in [0.15, 0.2) is 36.8 Å². The largest absolute Gasteiger partial charge is 0.367 e. The molecule has 0 bridgehead atoms. The molecular weight excluding hydrogens is 428 g/mol. The van der Waals surface area contributed by atoms with Crippen LogP contribution in [0.2, 0.25) is 5.02 Å². The molecule has 0 aliphatic heterocycles. The summed E-state index contributed by atoms with van der Waals surface area (Å²) in [7, 11) is 0. The summed E-state index contributed by atoms with van der Waals surface area (Å²) >= 11 is 5.77. The average molecular weight is 452 g/mol. The van der Waals surface area contributed by atoms with Gasteiger partial charge in [-0.2, -0.15) is 0 Å². The molecular formula is C21H24Cl2FN5O. The first-order valence-corrected chi connectivity index (χ1v) is 10.2. The fraction of sp³-hybridized carbons (Fsp3) is 0.381. The predicted molar refractivity (Wildman–Crippen MR) is 119 cm³/mol. The lowest BCUT2D eigenvalue weighted by molar-refractivity contribution is 0.0926. The number of nitrogens with one attached hydrogen (secondary N) is 2. The molecule has 1 aliphatic carbocycles. The second-order valence-corrected chi connectivity index (χ2v) is 7.76. The van der Waals surface area contributed by atoms with Gasteiger partial charge in [0.2, 0.25) is 0 Å². The van der Waals surface area contributed by atoms with Crippen molar-refractivity contribution in [1.29, 1.82) is 0 Å². The lowest BCUT2D eigenvalue weighted by Crippen LogP contribution is -2.40. The normalized spacial score (nSPS) is 18.6. The van der Waals surface area contributed by atoms with Gasteiger partial charge >= 0.3 is 0 Å². The van der Waals surface area contributed by atoms with Gasteiger partial charge in [0.15, 0.2) is 0 Å². The topological polar surface area (TPSA) is 71.8 Å². The van der Waals surface area contributed by atoms with Crippen molar-refractivity contribution >= 4 is 46.8 Å². The Hall–Kier alpha value is -2.38. The zero-order chi connectivity index (χ0) is 20.4. The van der Waals surface area contributed by atoms with Gasteiger partial charge in [-0.1, -0.05) is 11.6 Å². The van der Waals surface area contributed by atoms with E-state index in [1.165, 1.54) is 18.2 Å². The van der Waals surface area contributed by atoms with Crippen molar-refractivity contribution in [2.75, 3.05) is 5.32 Å². The van der Waals surface area contributed by atoms with Gasteiger partial charge in [-0.3, -0.25) is 4.79 Å². The summed E-state index contributed by atoms with van der Waals surface area (Å²) in [5.74, 6) is 0.111. The minimum atomic E-state index is -0.525. The van der Waals surface area contributed by atoms with E-state index < -0.39 is 5.82 Å². The standard InChI is InChI=1S/C21H23ClFN5O.ClH/c1-2-28-10-9-16-19(24-12-25-20(16)28)26-14-4-6-15(7-5-14)27-21(29)13-3-8-18(23)17(22)11-13;/h3,8-12,14-15H,2,4-7H2,1H3,(H,27,29)(H,24,25,26);1H. The number of hydrogen-bond donors (Lipinski definition) is 2. The summed E-state index contributed by atoms with van der Waals surface area (Å²) in [5, 5.41) is 7.56. The number of carbonyl (C=O) groups excluding carboxylic acids is 1. The van der Waals surface area contributed by atoms with E-state index in [2.05, 4.69) is 32.1 Å². The minimum absolute atomic E-state index is 0. The first-order chi connectivity index (χ1) is 14.0. The SMILES string of the molecule is CCn1ccc2c(NC3CCC(NC(=O)c4ccc(F)c(Cl)c4)CC3)ncnc21.Cl. The Morgan fingerprint density at radius 1 is 1.20 bits per heavy atom. The molecule has 1 amide bonds. The van der Waals surface area contributed by atoms with Crippen molar-refractivity contribution < 1.29 is 9.18 Å². The quantitative estimate of drug-likeness (QED) is 0.583. The van der Waals surface area contributed by atoms with Crippen LogP contribution < -0.4 is 10.6 Å². The monoisotopic (exact) mass is 451 g/mol. The molecule has 6 nitrogen and oxygen atoms in total. The van der Waals surface area contributed by atoms with Gasteiger partial charge in [0.1, 0.15) is 23.6 Å². The molecule has 2 heterocycles. The number of anilines is 1. The van der Waals surface area contributed by atoms with Crippen LogP contribution in [0.3, 0.4) is 0 Å². The van der Waals surface area contributed by atoms with Crippen LogP contribution in [0.4, 0.5) is 10.2 Å². The third-order valence-electron chi connectivity index (χ3n) is 5.48. The van der Waals surface area contributed by atoms with Crippen molar-refractivity contribution in [3.8, 4) is 0 Å². The molecule has 0 spiro atoms. The lowest BCUT2D eigenvalue weighted by Gasteiger charge is -2.30. The number of carbonyl (C=O) groups is 1. The molecule has 0 saturated heterocycles. The van der Waals surface area contributed by atoms with Crippen molar-refractivity contribution in [2.45, 2.75) is 51.2 Å². The molecule has 9 heteroatoms. The Kier molecular flexibility index (Phi) is 7.15. The summed E-state index contributed by atoms with van der Waals surface area (Å²) in [6, 6.07) is 6.46. The van der Waals surface area contributed by atoms with Crippen LogP contribution in [0, 0.1) is 5.82 Å². The van der Waals surface area contributed by atoms with Gasteiger partial charge in [-0.05, 0) is 56.9 Å². The molecule has 1 aromatic carbocycles. The van der Waals surface area contributed by atoms with Gasteiger partial charge in [-0.25, -0.2) is 14.4 Å². The van der Waals surface area contributed by atoms with Crippen LogP contribution >= 0.6 is 24.0 Å². The van der Waals surface area contributed by atoms with Gasteiger partial charge < -0.3 is 15.2 Å². The van der Waals surface area contributed by atoms with Crippen LogP contribution in [-0.2, 0) is 6.54 Å². The van der Waals surface area contributed by atoms with E-state index >= 15 is 0 Å². The molecule has 4 rings (SSSR count). The van der Waals surface area contributed by atoms with E-state index in [-0.39, 0.29) is 29.4 Å². The number of rotatable bonds is 5. The molecule has 2 aromatic heterocycles. The van der Waals surface area contributed by atoms with E-state index in [4.69, 9.17) is 11.6 Å². The highest BCUT2D eigenvalue weighted by Crippen LogP contribution is 2.26. The molecule has 160 valence electrons. The van der Waals surface area contributed by atoms with E-state index in [9.17, 15) is 9.18 Å². The summed E-state index contributed by atoms with van der Waals surface area (Å²) in [6.45, 7) is 2.95. The number of benzene rings is 1. The zero-order valence-electron chi connectivity index (χ0n) is 16.6. The Morgan fingerprint density at radius 3 is 2.63 bits per heavy atom. The Labute approximate surface area is 185 Å². The number of hydrogen-bond acceptors (Lipinski definition) is 4. The molecule has 0 unspecified atom stereocenters. The van der Waals surface area contributed by atoms with Gasteiger partial charge in [-0.15, -0.1) is 12.4 Å². The highest BCUT2D eigenvalue weighted by atomic mass is 35.5. The maximum atomic E-state index is 13.3. The van der Waals surface area contributed by atoms with Crippen LogP contribution in [-0.4, -0.2) is 32.5 Å². The first-order valence-electron chi connectivity index (χ1n) is 9.87. The van der Waals surface area contributed by atoms with E-state index in [0.29, 0.717) is 11.6 Å². The average Bonchev–Trinajstić information content (AvgIpc) is 3.15. The zero-order valence-corrected chi connectivity index (χ0v) is 18.1. The van der Waals surface area contributed by atoms with Gasteiger partial charge in [0, 0.05) is 30.4 Å². The molecule has 0 radical (unpaired) electrons. The van der Waals surface area contributed by atoms with Crippen LogP contribution in [0.25, 0.3) is 11.0 Å². The highest BCUT2D eigenvalue weighted by molar-refractivity contribution is 6.31. The Bertz CT molecular complexity index is 1030. The van der Waals surface area contributed by atoms with Gasteiger partial charge in [0.05, 0.1) is 10.4 Å². The molecule has 30 heavy (non-hydrogen) atoms. The van der Waals surface area contributed by atoms with Crippen LogP contribution in [0.5, 0.6) is 0 Å². The first kappa shape index (κ1) is 22.3. The molecule has 1 aliphatic rings. The second-order valence-electron chi connectivity index (χ2n) is 7.36. The van der Waals surface area contributed by atoms with Crippen molar-refractivity contribution in [2.24, 2.45) is 0 Å². The lowest BCUT2D eigenvalue weighted by atomic mass is 9.91. The van der Waals surface area contributed by atoms with Crippen LogP contribution in [0.1, 0.15) is 43.0 Å². The maximum Gasteiger partial charge on any atom is 0.251 e. The number of amides is 1. The predicted octanol–water partition coefficient (Wildman–Crippen LogP) is 4.82. The van der Waals surface area contributed by atoms with Crippen molar-refractivity contribution in [3.63, 3.8) is 0 Å². The molecule has 1 fully saturated rings. The molecule has 2 N–H and O–H groups in total. The number of nitrogens with zero attached hydrogens (tertiary/aromatic N) is 3.